The first-order chi connectivity index (χ1) is 10.00. The summed E-state index contributed by atoms with van der Waals surface area (Å²) in [5.74, 6) is 0.645. The summed E-state index contributed by atoms with van der Waals surface area (Å²) >= 11 is 3.63. The second-order valence-electron chi connectivity index (χ2n) is 4.14. The highest BCUT2D eigenvalue weighted by molar-refractivity contribution is 9.10. The molecule has 0 aliphatic carbocycles. The zero-order valence-corrected chi connectivity index (χ0v) is 13.6. The Morgan fingerprint density at radius 3 is 2.48 bits per heavy atom. The molecule has 0 spiro atoms. The highest BCUT2D eigenvalue weighted by Crippen LogP contribution is 2.34. The van der Waals surface area contributed by atoms with Crippen molar-refractivity contribution in [2.45, 2.75) is 12.0 Å². The van der Waals surface area contributed by atoms with Crippen LogP contribution in [0.2, 0.25) is 0 Å². The van der Waals surface area contributed by atoms with Crippen molar-refractivity contribution in [1.29, 1.82) is 0 Å². The van der Waals surface area contributed by atoms with Gasteiger partial charge in [-0.3, -0.25) is 0 Å². The lowest BCUT2D eigenvalue weighted by atomic mass is 10.2. The minimum atomic E-state index is -3.24. The number of alkyl halides is 2. The summed E-state index contributed by atoms with van der Waals surface area (Å²) in [6.07, 6.45) is 1.28. The second kappa shape index (κ2) is 7.13. The van der Waals surface area contributed by atoms with Gasteiger partial charge in [0, 0.05) is 0 Å². The van der Waals surface area contributed by atoms with Crippen molar-refractivity contribution in [3.8, 4) is 11.5 Å². The standard InChI is InChI=1S/C15H13BrF2O2S/c1-21-15(17,18)20-12-7-8-14(13(16)9-12)19-10-11-5-3-2-4-6-11/h2-9H,10H2,1H3. The van der Waals surface area contributed by atoms with Gasteiger partial charge in [-0.05, 0) is 57.7 Å². The van der Waals surface area contributed by atoms with Crippen molar-refractivity contribution < 1.29 is 18.3 Å². The van der Waals surface area contributed by atoms with Crippen LogP contribution < -0.4 is 9.47 Å². The summed E-state index contributed by atoms with van der Waals surface area (Å²) in [6, 6.07) is 14.2. The lowest BCUT2D eigenvalue weighted by molar-refractivity contribution is -0.0875. The van der Waals surface area contributed by atoms with Gasteiger partial charge in [0.15, 0.2) is 0 Å². The van der Waals surface area contributed by atoms with Crippen LogP contribution in [0.5, 0.6) is 11.5 Å². The number of benzene rings is 2. The molecule has 2 rings (SSSR count). The number of rotatable bonds is 6. The number of ether oxygens (including phenoxy) is 2. The Bertz CT molecular complexity index is 593. The summed E-state index contributed by atoms with van der Waals surface area (Å²) in [4.78, 5) is 0. The second-order valence-corrected chi connectivity index (χ2v) is 5.87. The molecule has 0 radical (unpaired) electrons. The third-order valence-electron chi connectivity index (χ3n) is 2.61. The molecule has 2 aromatic rings. The molecule has 0 aliphatic rings. The van der Waals surface area contributed by atoms with E-state index >= 15 is 0 Å². The van der Waals surface area contributed by atoms with Crippen LogP contribution in [0.1, 0.15) is 5.56 Å². The predicted molar refractivity (Wildman–Crippen MR) is 84.0 cm³/mol. The van der Waals surface area contributed by atoms with E-state index in [-0.39, 0.29) is 5.75 Å². The van der Waals surface area contributed by atoms with Gasteiger partial charge in [0.2, 0.25) is 0 Å². The number of hydrogen-bond donors (Lipinski definition) is 0. The Hall–Kier alpha value is -1.27. The molecule has 6 heteroatoms. The van der Waals surface area contributed by atoms with E-state index in [9.17, 15) is 8.78 Å². The van der Waals surface area contributed by atoms with E-state index in [2.05, 4.69) is 20.7 Å². The normalized spacial score (nSPS) is 11.2. The third kappa shape index (κ3) is 4.89. The molecular weight excluding hydrogens is 362 g/mol. The van der Waals surface area contributed by atoms with Crippen molar-refractivity contribution in [2.75, 3.05) is 6.26 Å². The Morgan fingerprint density at radius 1 is 1.14 bits per heavy atom. The molecule has 0 N–H and O–H groups in total. The first-order valence-corrected chi connectivity index (χ1v) is 8.10. The molecule has 0 saturated heterocycles. The molecule has 0 heterocycles. The fourth-order valence-electron chi connectivity index (χ4n) is 1.58. The zero-order chi connectivity index (χ0) is 15.3. The van der Waals surface area contributed by atoms with Crippen LogP contribution in [0.4, 0.5) is 8.78 Å². The highest BCUT2D eigenvalue weighted by Gasteiger charge is 2.30. The van der Waals surface area contributed by atoms with E-state index in [4.69, 9.17) is 4.74 Å². The molecule has 0 fully saturated rings. The van der Waals surface area contributed by atoms with Gasteiger partial charge >= 0.3 is 5.44 Å². The Morgan fingerprint density at radius 2 is 1.86 bits per heavy atom. The molecule has 0 amide bonds. The maximum Gasteiger partial charge on any atom is 0.452 e. The van der Waals surface area contributed by atoms with Gasteiger partial charge in [-0.1, -0.05) is 30.3 Å². The minimum Gasteiger partial charge on any atom is -0.488 e. The first-order valence-electron chi connectivity index (χ1n) is 6.08. The lowest BCUT2D eigenvalue weighted by Crippen LogP contribution is -2.19. The zero-order valence-electron chi connectivity index (χ0n) is 11.2. The Kier molecular flexibility index (Phi) is 5.47. The third-order valence-corrected chi connectivity index (χ3v) is 3.79. The first kappa shape index (κ1) is 16.1. The van der Waals surface area contributed by atoms with Crippen LogP contribution in [0.25, 0.3) is 0 Å². The van der Waals surface area contributed by atoms with Gasteiger partial charge in [0.1, 0.15) is 18.1 Å². The van der Waals surface area contributed by atoms with Crippen LogP contribution >= 0.6 is 27.7 Å². The Labute approximate surface area is 134 Å². The summed E-state index contributed by atoms with van der Waals surface area (Å²) in [6.45, 7) is 0.403. The number of halogens is 3. The van der Waals surface area contributed by atoms with Crippen molar-refractivity contribution in [3.63, 3.8) is 0 Å². The van der Waals surface area contributed by atoms with Crippen LogP contribution in [0.15, 0.2) is 53.0 Å². The van der Waals surface area contributed by atoms with E-state index in [1.807, 2.05) is 30.3 Å². The SMILES string of the molecule is CSC(F)(F)Oc1ccc(OCc2ccccc2)c(Br)c1. The van der Waals surface area contributed by atoms with Crippen molar-refractivity contribution >= 4 is 27.7 Å². The van der Waals surface area contributed by atoms with Gasteiger partial charge < -0.3 is 9.47 Å². The monoisotopic (exact) mass is 374 g/mol. The van der Waals surface area contributed by atoms with Crippen molar-refractivity contribution in [1.82, 2.24) is 0 Å². The van der Waals surface area contributed by atoms with Gasteiger partial charge in [0.25, 0.3) is 0 Å². The summed E-state index contributed by atoms with van der Waals surface area (Å²) in [7, 11) is 0. The van der Waals surface area contributed by atoms with E-state index < -0.39 is 5.44 Å². The topological polar surface area (TPSA) is 18.5 Å². The lowest BCUT2D eigenvalue weighted by Gasteiger charge is -2.16. The summed E-state index contributed by atoms with van der Waals surface area (Å²) < 4.78 is 37.1. The van der Waals surface area contributed by atoms with Crippen LogP contribution in [-0.4, -0.2) is 11.7 Å². The maximum absolute atomic E-state index is 13.1. The average molecular weight is 375 g/mol. The number of thioether (sulfide) groups is 1. The van der Waals surface area contributed by atoms with Crippen LogP contribution in [0, 0.1) is 0 Å². The largest absolute Gasteiger partial charge is 0.488 e. The molecule has 0 unspecified atom stereocenters. The van der Waals surface area contributed by atoms with E-state index in [1.54, 1.807) is 6.07 Å². The van der Waals surface area contributed by atoms with Gasteiger partial charge in [0.05, 0.1) is 4.47 Å². The molecule has 21 heavy (non-hydrogen) atoms. The molecule has 0 atom stereocenters. The molecule has 0 aromatic heterocycles. The predicted octanol–water partition coefficient (Wildman–Crippen LogP) is 5.32. The average Bonchev–Trinajstić information content (AvgIpc) is 2.47. The molecule has 2 aromatic carbocycles. The molecule has 112 valence electrons. The van der Waals surface area contributed by atoms with Crippen LogP contribution in [-0.2, 0) is 6.61 Å². The molecule has 0 aliphatic heterocycles. The fourth-order valence-corrected chi connectivity index (χ4v) is 2.23. The van der Waals surface area contributed by atoms with Gasteiger partial charge in [-0.25, -0.2) is 0 Å². The highest BCUT2D eigenvalue weighted by atomic mass is 79.9. The molecule has 0 saturated carbocycles. The van der Waals surface area contributed by atoms with Gasteiger partial charge in [-0.2, -0.15) is 8.78 Å². The minimum absolute atomic E-state index is 0.0771. The quantitative estimate of drug-likeness (QED) is 0.637. The van der Waals surface area contributed by atoms with E-state index in [1.165, 1.54) is 18.4 Å². The smallest absolute Gasteiger partial charge is 0.452 e. The van der Waals surface area contributed by atoms with E-state index in [0.717, 1.165) is 5.56 Å². The summed E-state index contributed by atoms with van der Waals surface area (Å²) in [5, 5.41) is 0. The molecule has 0 bridgehead atoms. The Balaban J connectivity index is 2.02. The van der Waals surface area contributed by atoms with Crippen LogP contribution in [0.3, 0.4) is 0 Å². The van der Waals surface area contributed by atoms with Crippen molar-refractivity contribution in [2.24, 2.45) is 0 Å². The van der Waals surface area contributed by atoms with Gasteiger partial charge in [-0.15, -0.1) is 0 Å². The summed E-state index contributed by atoms with van der Waals surface area (Å²) in [5.41, 5.74) is -2.22. The number of hydrogen-bond acceptors (Lipinski definition) is 3. The van der Waals surface area contributed by atoms with Crippen molar-refractivity contribution in [3.05, 3.63) is 58.6 Å². The molecule has 2 nitrogen and oxygen atoms in total. The molecular formula is C15H13BrF2O2S. The maximum atomic E-state index is 13.1. The van der Waals surface area contributed by atoms with E-state index in [0.29, 0.717) is 28.6 Å². The fraction of sp³-hybridized carbons (Fsp3) is 0.200.